The molecule has 2 aliphatic carbocycles. The molecule has 246 valence electrons. The van der Waals surface area contributed by atoms with E-state index in [1.54, 1.807) is 32.4 Å². The highest BCUT2D eigenvalue weighted by atomic mass is 16.7. The Hall–Kier alpha value is -6.15. The fraction of sp³-hybridized carbons (Fsp3) is 0.167. The van der Waals surface area contributed by atoms with Gasteiger partial charge in [-0.05, 0) is 69.8 Å². The molecular formula is C42H31NO7. The number of amides is 2. The van der Waals surface area contributed by atoms with E-state index in [0.717, 1.165) is 11.1 Å². The Labute approximate surface area is 288 Å². The zero-order valence-corrected chi connectivity index (χ0v) is 27.3. The summed E-state index contributed by atoms with van der Waals surface area (Å²) >= 11 is 0. The van der Waals surface area contributed by atoms with Crippen molar-refractivity contribution < 1.29 is 33.3 Å². The molecule has 2 amide bonds. The lowest BCUT2D eigenvalue weighted by Gasteiger charge is -2.39. The Kier molecular flexibility index (Phi) is 6.55. The van der Waals surface area contributed by atoms with Crippen LogP contribution in [0.5, 0.6) is 23.0 Å². The highest BCUT2D eigenvalue weighted by molar-refractivity contribution is 6.39. The fourth-order valence-corrected chi connectivity index (χ4v) is 8.92. The van der Waals surface area contributed by atoms with Crippen molar-refractivity contribution >= 4 is 34.4 Å². The van der Waals surface area contributed by atoms with Crippen LogP contribution in [0.25, 0.3) is 11.1 Å². The average molecular weight is 662 g/mol. The molecule has 2 bridgehead atoms. The molecular weight excluding hydrogens is 630 g/mol. The van der Waals surface area contributed by atoms with Crippen molar-refractivity contribution in [2.24, 2.45) is 11.8 Å². The summed E-state index contributed by atoms with van der Waals surface area (Å²) in [4.78, 5) is 47.8. The minimum atomic E-state index is -1.52. The fourth-order valence-electron chi connectivity index (χ4n) is 8.92. The molecule has 50 heavy (non-hydrogen) atoms. The lowest BCUT2D eigenvalue weighted by molar-refractivity contribution is -0.130. The number of rotatable bonds is 7. The number of ketones is 1. The van der Waals surface area contributed by atoms with Gasteiger partial charge in [-0.2, -0.15) is 0 Å². The number of anilines is 1. The number of allylic oxidation sites excluding steroid dienone is 2. The van der Waals surface area contributed by atoms with Gasteiger partial charge in [0.05, 0.1) is 42.6 Å². The Bertz CT molecular complexity index is 2100. The van der Waals surface area contributed by atoms with Crippen molar-refractivity contribution in [3.8, 4) is 23.0 Å². The van der Waals surface area contributed by atoms with Gasteiger partial charge in [-0.3, -0.25) is 14.4 Å². The summed E-state index contributed by atoms with van der Waals surface area (Å²) in [5.74, 6) is -0.867. The average Bonchev–Trinajstić information content (AvgIpc) is 3.87. The lowest BCUT2D eigenvalue weighted by atomic mass is 9.59. The maximum atomic E-state index is 16.1. The number of hydrogen-bond donors (Lipinski definition) is 0. The number of hydrogen-bond acceptors (Lipinski definition) is 7. The highest BCUT2D eigenvalue weighted by Crippen LogP contribution is 2.74. The summed E-state index contributed by atoms with van der Waals surface area (Å²) in [6.45, 7) is 0.0506. The predicted molar refractivity (Wildman–Crippen MR) is 186 cm³/mol. The van der Waals surface area contributed by atoms with Crippen LogP contribution in [-0.4, -0.2) is 38.6 Å². The third-order valence-electron chi connectivity index (χ3n) is 10.8. The molecule has 0 unspecified atom stereocenters. The Morgan fingerprint density at radius 3 is 1.50 bits per heavy atom. The predicted octanol–water partition coefficient (Wildman–Crippen LogP) is 6.62. The smallest absolute Gasteiger partial charge is 0.239 e. The van der Waals surface area contributed by atoms with E-state index in [-0.39, 0.29) is 12.6 Å². The summed E-state index contributed by atoms with van der Waals surface area (Å²) in [6, 6.07) is 39.1. The van der Waals surface area contributed by atoms with Gasteiger partial charge in [0.15, 0.2) is 17.3 Å². The van der Waals surface area contributed by atoms with Crippen LogP contribution in [-0.2, 0) is 25.2 Å². The number of benzene rings is 5. The van der Waals surface area contributed by atoms with E-state index in [4.69, 9.17) is 18.9 Å². The summed E-state index contributed by atoms with van der Waals surface area (Å²) in [7, 11) is 3.21. The van der Waals surface area contributed by atoms with Gasteiger partial charge in [-0.25, -0.2) is 4.90 Å². The van der Waals surface area contributed by atoms with Crippen LogP contribution in [0.3, 0.4) is 0 Å². The molecule has 2 fully saturated rings. The van der Waals surface area contributed by atoms with Crippen LogP contribution in [0.15, 0.2) is 127 Å². The molecule has 4 aliphatic rings. The van der Waals surface area contributed by atoms with Gasteiger partial charge in [0.2, 0.25) is 18.6 Å². The second kappa shape index (κ2) is 10.9. The molecule has 1 saturated heterocycles. The van der Waals surface area contributed by atoms with E-state index < -0.39 is 34.5 Å². The van der Waals surface area contributed by atoms with E-state index in [9.17, 15) is 0 Å². The molecule has 9 rings (SSSR count). The van der Waals surface area contributed by atoms with Crippen molar-refractivity contribution in [1.29, 1.82) is 0 Å². The summed E-state index contributed by atoms with van der Waals surface area (Å²) in [5, 5.41) is 0. The third kappa shape index (κ3) is 3.73. The number of ether oxygens (including phenoxy) is 4. The molecule has 8 heteroatoms. The zero-order valence-electron chi connectivity index (χ0n) is 27.3. The van der Waals surface area contributed by atoms with E-state index >= 15 is 14.4 Å². The normalized spacial score (nSPS) is 24.6. The second-order valence-corrected chi connectivity index (χ2v) is 12.9. The number of imide groups is 1. The van der Waals surface area contributed by atoms with Crippen LogP contribution in [0.2, 0.25) is 0 Å². The topological polar surface area (TPSA) is 91.4 Å². The molecule has 0 N–H and O–H groups in total. The summed E-state index contributed by atoms with van der Waals surface area (Å²) in [6.07, 6.45) is 0. The van der Waals surface area contributed by atoms with Crippen molar-refractivity contribution in [2.45, 2.75) is 10.8 Å². The summed E-state index contributed by atoms with van der Waals surface area (Å²) < 4.78 is 22.2. The first kappa shape index (κ1) is 29.9. The van der Waals surface area contributed by atoms with Crippen LogP contribution in [0.4, 0.5) is 5.69 Å². The maximum Gasteiger partial charge on any atom is 0.239 e. The van der Waals surface area contributed by atoms with Crippen LogP contribution < -0.4 is 23.8 Å². The third-order valence-corrected chi connectivity index (χ3v) is 10.8. The van der Waals surface area contributed by atoms with Crippen LogP contribution >= 0.6 is 0 Å². The first-order chi connectivity index (χ1) is 24.5. The zero-order chi connectivity index (χ0) is 34.2. The molecule has 0 aromatic heterocycles. The molecule has 0 radical (unpaired) electrons. The number of fused-ring (bicyclic) bond motifs is 6. The first-order valence-electron chi connectivity index (χ1n) is 16.4. The molecule has 5 aromatic carbocycles. The molecule has 4 atom stereocenters. The Balaban J connectivity index is 1.41. The van der Waals surface area contributed by atoms with Crippen LogP contribution in [0.1, 0.15) is 22.3 Å². The molecule has 0 spiro atoms. The monoisotopic (exact) mass is 661 g/mol. The quantitative estimate of drug-likeness (QED) is 0.181. The van der Waals surface area contributed by atoms with Crippen molar-refractivity contribution in [2.75, 3.05) is 25.9 Å². The van der Waals surface area contributed by atoms with E-state index in [1.807, 2.05) is 109 Å². The van der Waals surface area contributed by atoms with Crippen molar-refractivity contribution in [3.63, 3.8) is 0 Å². The number of nitrogens with zero attached hydrogens (tertiary/aromatic N) is 1. The van der Waals surface area contributed by atoms with Gasteiger partial charge in [-0.1, -0.05) is 84.9 Å². The second-order valence-electron chi connectivity index (χ2n) is 12.9. The number of carbonyl (C=O) groups is 3. The maximum absolute atomic E-state index is 16.1. The number of methoxy groups -OCH3 is 2. The number of carbonyl (C=O) groups excluding carboxylic acids is 3. The SMILES string of the molecule is COc1ccc(C2=C(c3ccc(OC)cc3)[C@@]3(c4ccccc4)C(=O)[C@]2(c2ccccc2)[C@H]2C(=O)N(c4ccc5c(c4)OCO5)C(=O)[C@@H]23)cc1. The van der Waals surface area contributed by atoms with Crippen LogP contribution in [0, 0.1) is 11.8 Å². The van der Waals surface area contributed by atoms with Gasteiger partial charge in [0.25, 0.3) is 0 Å². The first-order valence-corrected chi connectivity index (χ1v) is 16.4. The number of Topliss-reactive ketones (excluding diaryl/α,β-unsaturated/α-hetero) is 1. The van der Waals surface area contributed by atoms with Gasteiger partial charge in [0.1, 0.15) is 11.5 Å². The molecule has 1 saturated carbocycles. The van der Waals surface area contributed by atoms with E-state index in [2.05, 4.69) is 0 Å². The minimum Gasteiger partial charge on any atom is -0.497 e. The largest absolute Gasteiger partial charge is 0.497 e. The van der Waals surface area contributed by atoms with Gasteiger partial charge >= 0.3 is 0 Å². The molecule has 2 heterocycles. The van der Waals surface area contributed by atoms with Gasteiger partial charge < -0.3 is 18.9 Å². The highest BCUT2D eigenvalue weighted by Gasteiger charge is 2.82. The van der Waals surface area contributed by atoms with E-state index in [1.165, 1.54) is 4.90 Å². The van der Waals surface area contributed by atoms with Gasteiger partial charge in [-0.15, -0.1) is 0 Å². The molecule has 8 nitrogen and oxygen atoms in total. The van der Waals surface area contributed by atoms with E-state index in [0.29, 0.717) is 51.0 Å². The van der Waals surface area contributed by atoms with Crippen molar-refractivity contribution in [1.82, 2.24) is 0 Å². The molecule has 5 aromatic rings. The minimum absolute atomic E-state index is 0.0506. The summed E-state index contributed by atoms with van der Waals surface area (Å²) in [5.41, 5.74) is 1.53. The Morgan fingerprint density at radius 2 is 1.04 bits per heavy atom. The lowest BCUT2D eigenvalue weighted by Crippen LogP contribution is -2.45. The molecule has 2 aliphatic heterocycles. The van der Waals surface area contributed by atoms with Gasteiger partial charge in [0, 0.05) is 6.07 Å². The van der Waals surface area contributed by atoms with Crippen molar-refractivity contribution in [3.05, 3.63) is 150 Å². The standard InChI is InChI=1S/C42H31NO7/c1-47-30-18-13-25(14-19-30)34-35(26-15-20-31(48-2)21-16-26)42(28-11-7-4-8-12-28)37-36(41(34,40(42)46)27-9-5-3-6-10-27)38(44)43(39(37)45)29-17-22-32-33(23-29)50-24-49-32/h3-23,36-37H,24H2,1-2H3/t36-,37-,41-,42+/m1/s1. The Morgan fingerprint density at radius 1 is 0.580 bits per heavy atom.